The minimum absolute atomic E-state index is 0.00611. The molecule has 4 nitrogen and oxygen atoms in total. The topological polar surface area (TPSA) is 51.0 Å². The number of quaternary nitrogens is 1. The van der Waals surface area contributed by atoms with Gasteiger partial charge in [-0.2, -0.15) is 0 Å². The second-order valence-electron chi connectivity index (χ2n) is 6.15. The number of ketones is 1. The summed E-state index contributed by atoms with van der Waals surface area (Å²) in [4.78, 5) is 13.9. The van der Waals surface area contributed by atoms with Crippen molar-refractivity contribution < 1.29 is 23.9 Å². The van der Waals surface area contributed by atoms with E-state index in [2.05, 4.69) is 13.8 Å². The van der Waals surface area contributed by atoms with Gasteiger partial charge in [0.25, 0.3) is 0 Å². The monoisotopic (exact) mass is 376 g/mol. The van der Waals surface area contributed by atoms with Crippen molar-refractivity contribution in [3.8, 4) is 11.5 Å². The fourth-order valence-corrected chi connectivity index (χ4v) is 3.21. The molecule has 136 valence electrons. The maximum atomic E-state index is 14.0. The second-order valence-corrected chi connectivity index (χ2v) is 6.56. The van der Waals surface area contributed by atoms with Crippen LogP contribution in [0, 0.1) is 5.82 Å². The molecule has 0 radical (unpaired) electrons. The molecule has 1 aliphatic heterocycles. The van der Waals surface area contributed by atoms with Gasteiger partial charge < -0.3 is 14.7 Å². The van der Waals surface area contributed by atoms with Crippen molar-refractivity contribution in [2.24, 2.45) is 0 Å². The molecule has 6 heteroatoms. The fourth-order valence-electron chi connectivity index (χ4n) is 3.00. The highest BCUT2D eigenvalue weighted by molar-refractivity contribution is 6.32. The molecule has 1 aliphatic rings. The van der Waals surface area contributed by atoms with Crippen molar-refractivity contribution >= 4 is 23.5 Å². The summed E-state index contributed by atoms with van der Waals surface area (Å²) in [5, 5.41) is 10.5. The van der Waals surface area contributed by atoms with Gasteiger partial charge in [0.15, 0.2) is 11.5 Å². The molecule has 2 aromatic rings. The number of rotatable bonds is 5. The molecule has 0 atom stereocenters. The second kappa shape index (κ2) is 7.48. The van der Waals surface area contributed by atoms with Crippen LogP contribution in [0.1, 0.15) is 35.3 Å². The number of fused-ring (bicyclic) bond motifs is 1. The minimum atomic E-state index is -0.534. The Hall–Kier alpha value is -2.37. The third-order valence-corrected chi connectivity index (χ3v) is 4.95. The zero-order chi connectivity index (χ0) is 18.8. The quantitative estimate of drug-likeness (QED) is 0.788. The van der Waals surface area contributed by atoms with E-state index in [4.69, 9.17) is 16.3 Å². The van der Waals surface area contributed by atoms with Crippen LogP contribution in [0.25, 0.3) is 6.08 Å². The number of aromatic hydroxyl groups is 1. The number of nitrogens with one attached hydrogen (secondary N) is 1. The standard InChI is InChI=1S/C20H19ClFNO3/c1-3-23(4-2)11-14-17(24)9-8-12-19(25)18(26-20(12)14)10-13-15(21)6-5-7-16(13)22/h5-10,24H,3-4,11H2,1-2H3/p+1/b18-10-. The summed E-state index contributed by atoms with van der Waals surface area (Å²) >= 11 is 6.04. The average molecular weight is 377 g/mol. The van der Waals surface area contributed by atoms with Crippen LogP contribution in [0.2, 0.25) is 5.02 Å². The molecular formula is C20H20ClFNO3+. The summed E-state index contributed by atoms with van der Waals surface area (Å²) in [6.45, 7) is 6.39. The molecular weight excluding hydrogens is 357 g/mol. The van der Waals surface area contributed by atoms with Gasteiger partial charge in [0.2, 0.25) is 5.78 Å². The van der Waals surface area contributed by atoms with Crippen LogP contribution in [0.15, 0.2) is 36.1 Å². The van der Waals surface area contributed by atoms with Gasteiger partial charge in [0.1, 0.15) is 18.1 Å². The van der Waals surface area contributed by atoms with E-state index in [-0.39, 0.29) is 27.9 Å². The summed E-state index contributed by atoms with van der Waals surface area (Å²) in [6, 6.07) is 7.33. The van der Waals surface area contributed by atoms with Gasteiger partial charge >= 0.3 is 0 Å². The van der Waals surface area contributed by atoms with E-state index in [0.29, 0.717) is 23.4 Å². The Bertz CT molecular complexity index is 871. The molecule has 2 aromatic carbocycles. The summed E-state index contributed by atoms with van der Waals surface area (Å²) in [5.41, 5.74) is 1.05. The number of phenolic OH excluding ortho intramolecular Hbond substituents is 1. The lowest BCUT2D eigenvalue weighted by Gasteiger charge is -2.17. The molecule has 2 N–H and O–H groups in total. The average Bonchev–Trinajstić information content (AvgIpc) is 2.94. The highest BCUT2D eigenvalue weighted by Crippen LogP contribution is 2.39. The summed E-state index contributed by atoms with van der Waals surface area (Å²) < 4.78 is 19.8. The molecule has 1 heterocycles. The van der Waals surface area contributed by atoms with Crippen LogP contribution >= 0.6 is 11.6 Å². The molecule has 3 rings (SSSR count). The number of benzene rings is 2. The zero-order valence-electron chi connectivity index (χ0n) is 14.6. The number of carbonyl (C=O) groups excluding carboxylic acids is 1. The first-order valence-corrected chi connectivity index (χ1v) is 8.90. The van der Waals surface area contributed by atoms with E-state index in [9.17, 15) is 14.3 Å². The normalized spacial score (nSPS) is 14.8. The Morgan fingerprint density at radius 3 is 2.62 bits per heavy atom. The van der Waals surface area contributed by atoms with Crippen molar-refractivity contribution in [3.05, 3.63) is 63.6 Å². The Morgan fingerprint density at radius 1 is 1.23 bits per heavy atom. The number of carbonyl (C=O) groups is 1. The fraction of sp³-hybridized carbons (Fsp3) is 0.250. The van der Waals surface area contributed by atoms with Crippen LogP contribution in [0.3, 0.4) is 0 Å². The van der Waals surface area contributed by atoms with E-state index in [1.165, 1.54) is 35.2 Å². The summed E-state index contributed by atoms with van der Waals surface area (Å²) in [6.07, 6.45) is 1.31. The van der Waals surface area contributed by atoms with Gasteiger partial charge in [-0.1, -0.05) is 17.7 Å². The van der Waals surface area contributed by atoms with E-state index >= 15 is 0 Å². The van der Waals surface area contributed by atoms with Gasteiger partial charge in [0, 0.05) is 5.56 Å². The maximum absolute atomic E-state index is 14.0. The van der Waals surface area contributed by atoms with E-state index < -0.39 is 5.82 Å². The Morgan fingerprint density at radius 2 is 1.96 bits per heavy atom. The van der Waals surface area contributed by atoms with Crippen molar-refractivity contribution in [1.82, 2.24) is 0 Å². The van der Waals surface area contributed by atoms with Gasteiger partial charge in [0.05, 0.1) is 29.2 Å². The molecule has 0 aromatic heterocycles. The smallest absolute Gasteiger partial charge is 0.231 e. The number of hydrogen-bond acceptors (Lipinski definition) is 3. The number of ether oxygens (including phenoxy) is 1. The molecule has 0 fully saturated rings. The van der Waals surface area contributed by atoms with Crippen LogP contribution in [0.5, 0.6) is 11.5 Å². The minimum Gasteiger partial charge on any atom is -0.507 e. The lowest BCUT2D eigenvalue weighted by molar-refractivity contribution is -0.910. The van der Waals surface area contributed by atoms with Crippen LogP contribution < -0.4 is 9.64 Å². The van der Waals surface area contributed by atoms with Gasteiger partial charge in [-0.25, -0.2) is 4.39 Å². The van der Waals surface area contributed by atoms with Crippen LogP contribution in [-0.4, -0.2) is 24.0 Å². The third kappa shape index (κ3) is 3.32. The predicted molar refractivity (Wildman–Crippen MR) is 98.2 cm³/mol. The largest absolute Gasteiger partial charge is 0.507 e. The Kier molecular flexibility index (Phi) is 5.30. The third-order valence-electron chi connectivity index (χ3n) is 4.62. The first-order chi connectivity index (χ1) is 12.5. The van der Waals surface area contributed by atoms with Crippen LogP contribution in [0.4, 0.5) is 4.39 Å². The molecule has 0 saturated carbocycles. The SMILES string of the molecule is CC[NH+](CC)Cc1c(O)ccc2c1O/C(=C\c1c(F)cccc1Cl)C2=O. The maximum Gasteiger partial charge on any atom is 0.231 e. The highest BCUT2D eigenvalue weighted by atomic mass is 35.5. The lowest BCUT2D eigenvalue weighted by Crippen LogP contribution is -3.10. The number of allylic oxidation sites excluding steroid dienone is 1. The van der Waals surface area contributed by atoms with Crippen molar-refractivity contribution in [1.29, 1.82) is 0 Å². The lowest BCUT2D eigenvalue weighted by atomic mass is 10.0. The number of hydrogen-bond donors (Lipinski definition) is 2. The van der Waals surface area contributed by atoms with Crippen molar-refractivity contribution in [2.75, 3.05) is 13.1 Å². The molecule has 0 unspecified atom stereocenters. The van der Waals surface area contributed by atoms with Gasteiger partial charge in [-0.15, -0.1) is 0 Å². The Labute approximate surface area is 156 Å². The first-order valence-electron chi connectivity index (χ1n) is 8.52. The van der Waals surface area contributed by atoms with E-state index in [0.717, 1.165) is 13.1 Å². The number of Topliss-reactive ketones (excluding diaryl/α,β-unsaturated/α-hetero) is 1. The first kappa shape index (κ1) is 18.4. The van der Waals surface area contributed by atoms with E-state index in [1.807, 2.05) is 0 Å². The predicted octanol–water partition coefficient (Wildman–Crippen LogP) is 3.23. The highest BCUT2D eigenvalue weighted by Gasteiger charge is 2.32. The number of halogens is 2. The summed E-state index contributed by atoms with van der Waals surface area (Å²) in [7, 11) is 0. The molecule has 0 amide bonds. The zero-order valence-corrected chi connectivity index (χ0v) is 15.4. The van der Waals surface area contributed by atoms with E-state index in [1.54, 1.807) is 6.07 Å². The van der Waals surface area contributed by atoms with Gasteiger partial charge in [-0.3, -0.25) is 4.79 Å². The molecule has 0 aliphatic carbocycles. The molecule has 26 heavy (non-hydrogen) atoms. The van der Waals surface area contributed by atoms with Crippen LogP contribution in [-0.2, 0) is 6.54 Å². The molecule has 0 bridgehead atoms. The molecule has 0 saturated heterocycles. The molecule has 0 spiro atoms. The van der Waals surface area contributed by atoms with Crippen molar-refractivity contribution in [3.63, 3.8) is 0 Å². The Balaban J connectivity index is 2.03. The summed E-state index contributed by atoms with van der Waals surface area (Å²) in [5.74, 6) is -0.467. The van der Waals surface area contributed by atoms with Crippen molar-refractivity contribution in [2.45, 2.75) is 20.4 Å². The number of phenols is 1. The van der Waals surface area contributed by atoms with Gasteiger partial charge in [-0.05, 0) is 44.2 Å².